The van der Waals surface area contributed by atoms with Crippen molar-refractivity contribution < 1.29 is 13.9 Å². The zero-order valence-electron chi connectivity index (χ0n) is 10.3. The molecule has 0 spiro atoms. The Labute approximate surface area is 109 Å². The minimum Gasteiger partial charge on any atom is -0.455 e. The van der Waals surface area contributed by atoms with Crippen LogP contribution in [0.25, 0.3) is 11.0 Å². The Balaban J connectivity index is 2.04. The summed E-state index contributed by atoms with van der Waals surface area (Å²) in [6.07, 6.45) is 0.675. The van der Waals surface area contributed by atoms with Gasteiger partial charge in [-0.05, 0) is 30.7 Å². The number of benzene rings is 1. The van der Waals surface area contributed by atoms with E-state index in [4.69, 9.17) is 4.42 Å². The number of halogens is 1. The number of nitrogens with zero attached hydrogens (tertiary/aromatic N) is 1. The van der Waals surface area contributed by atoms with E-state index in [1.165, 1.54) is 6.07 Å². The summed E-state index contributed by atoms with van der Waals surface area (Å²) in [6.45, 7) is 1.92. The second-order valence-electron chi connectivity index (χ2n) is 4.47. The maximum Gasteiger partial charge on any atom is 0.170 e. The normalized spacial score (nSPS) is 12.8. The fourth-order valence-electron chi connectivity index (χ4n) is 1.97. The Kier molecular flexibility index (Phi) is 2.80. The maximum absolute atomic E-state index is 13.5. The Hall–Kier alpha value is -2.20. The highest BCUT2D eigenvalue weighted by molar-refractivity contribution is 5.78. The molecule has 3 aromatic rings. The van der Waals surface area contributed by atoms with Crippen LogP contribution in [0.1, 0.15) is 23.1 Å². The molecule has 19 heavy (non-hydrogen) atoms. The van der Waals surface area contributed by atoms with Gasteiger partial charge in [-0.1, -0.05) is 18.2 Å². The Morgan fingerprint density at radius 3 is 2.79 bits per heavy atom. The molecule has 2 aromatic heterocycles. The summed E-state index contributed by atoms with van der Waals surface area (Å²) in [5.74, 6) is -0.149. The first kappa shape index (κ1) is 11.9. The van der Waals surface area contributed by atoms with Crippen molar-refractivity contribution in [2.24, 2.45) is 0 Å². The third-order valence-corrected chi connectivity index (χ3v) is 3.00. The summed E-state index contributed by atoms with van der Waals surface area (Å²) < 4.78 is 18.9. The van der Waals surface area contributed by atoms with Gasteiger partial charge in [0.1, 0.15) is 5.76 Å². The zero-order chi connectivity index (χ0) is 13.4. The molecule has 0 aliphatic heterocycles. The molecule has 1 N–H and O–H groups in total. The predicted molar refractivity (Wildman–Crippen MR) is 69.2 cm³/mol. The highest BCUT2D eigenvalue weighted by Gasteiger charge is 2.18. The fourth-order valence-corrected chi connectivity index (χ4v) is 1.97. The van der Waals surface area contributed by atoms with Crippen LogP contribution in [-0.4, -0.2) is 10.1 Å². The molecule has 0 bridgehead atoms. The molecule has 0 amide bonds. The quantitative estimate of drug-likeness (QED) is 0.765. The Morgan fingerprint density at radius 1 is 1.26 bits per heavy atom. The maximum atomic E-state index is 13.5. The third kappa shape index (κ3) is 2.11. The van der Waals surface area contributed by atoms with Crippen molar-refractivity contribution in [2.75, 3.05) is 0 Å². The average molecular weight is 257 g/mol. The van der Waals surface area contributed by atoms with Gasteiger partial charge in [-0.25, -0.2) is 4.39 Å². The van der Waals surface area contributed by atoms with Crippen LogP contribution < -0.4 is 0 Å². The van der Waals surface area contributed by atoms with Crippen LogP contribution in [0.4, 0.5) is 4.39 Å². The van der Waals surface area contributed by atoms with Crippen LogP contribution in [0.5, 0.6) is 0 Å². The smallest absolute Gasteiger partial charge is 0.170 e. The summed E-state index contributed by atoms with van der Waals surface area (Å²) in [5.41, 5.74) is 1.64. The lowest BCUT2D eigenvalue weighted by Crippen LogP contribution is -2.00. The van der Waals surface area contributed by atoms with Gasteiger partial charge in [-0.15, -0.1) is 0 Å². The summed E-state index contributed by atoms with van der Waals surface area (Å²) >= 11 is 0. The van der Waals surface area contributed by atoms with Crippen LogP contribution >= 0.6 is 0 Å². The Morgan fingerprint density at radius 2 is 2.11 bits per heavy atom. The van der Waals surface area contributed by atoms with Crippen molar-refractivity contribution in [2.45, 2.75) is 13.0 Å². The SMILES string of the molecule is Cc1ccc(C(O)c2cc3cccc(F)c3o2)nc1. The van der Waals surface area contributed by atoms with Gasteiger partial charge in [0.25, 0.3) is 0 Å². The molecule has 0 fully saturated rings. The summed E-state index contributed by atoms with van der Waals surface area (Å²) in [7, 11) is 0. The fraction of sp³-hybridized carbons (Fsp3) is 0.133. The van der Waals surface area contributed by atoms with Gasteiger partial charge in [0.2, 0.25) is 0 Å². The highest BCUT2D eigenvalue weighted by Crippen LogP contribution is 2.28. The molecule has 0 aliphatic carbocycles. The molecule has 2 heterocycles. The molecule has 4 heteroatoms. The number of aliphatic hydroxyl groups is 1. The van der Waals surface area contributed by atoms with E-state index >= 15 is 0 Å². The van der Waals surface area contributed by atoms with Gasteiger partial charge in [0.05, 0.1) is 5.69 Å². The number of hydrogen-bond acceptors (Lipinski definition) is 3. The number of para-hydroxylation sites is 1. The molecule has 0 saturated heterocycles. The van der Waals surface area contributed by atoms with E-state index in [1.807, 2.05) is 13.0 Å². The number of furan rings is 1. The minimum absolute atomic E-state index is 0.156. The summed E-state index contributed by atoms with van der Waals surface area (Å²) in [4.78, 5) is 4.14. The minimum atomic E-state index is -0.993. The number of hydrogen-bond donors (Lipinski definition) is 1. The van der Waals surface area contributed by atoms with Gasteiger partial charge in [-0.2, -0.15) is 0 Å². The van der Waals surface area contributed by atoms with E-state index in [2.05, 4.69) is 4.98 Å². The number of fused-ring (bicyclic) bond motifs is 1. The molecule has 3 rings (SSSR count). The number of aryl methyl sites for hydroxylation is 1. The van der Waals surface area contributed by atoms with Crippen molar-refractivity contribution >= 4 is 11.0 Å². The summed E-state index contributed by atoms with van der Waals surface area (Å²) in [6, 6.07) is 9.88. The van der Waals surface area contributed by atoms with Gasteiger partial charge in [0, 0.05) is 11.6 Å². The van der Waals surface area contributed by atoms with Crippen LogP contribution in [0, 0.1) is 12.7 Å². The van der Waals surface area contributed by atoms with Crippen molar-refractivity contribution in [3.63, 3.8) is 0 Å². The largest absolute Gasteiger partial charge is 0.455 e. The van der Waals surface area contributed by atoms with Crippen LogP contribution in [0.2, 0.25) is 0 Å². The lowest BCUT2D eigenvalue weighted by atomic mass is 10.1. The average Bonchev–Trinajstić information content (AvgIpc) is 2.84. The van der Waals surface area contributed by atoms with Crippen molar-refractivity contribution in [1.82, 2.24) is 4.98 Å². The molecule has 1 unspecified atom stereocenters. The van der Waals surface area contributed by atoms with Crippen LogP contribution in [0.15, 0.2) is 47.0 Å². The van der Waals surface area contributed by atoms with E-state index in [1.54, 1.807) is 30.5 Å². The standard InChI is InChI=1S/C15H12FNO2/c1-9-5-6-12(17-8-9)14(18)13-7-10-3-2-4-11(16)15(10)19-13/h2-8,14,18H,1H3. The van der Waals surface area contributed by atoms with E-state index in [9.17, 15) is 9.50 Å². The number of aliphatic hydroxyl groups excluding tert-OH is 1. The number of pyridine rings is 1. The molecule has 0 radical (unpaired) electrons. The summed E-state index contributed by atoms with van der Waals surface area (Å²) in [5, 5.41) is 10.8. The van der Waals surface area contributed by atoms with Crippen molar-refractivity contribution in [3.8, 4) is 0 Å². The molecular formula is C15H12FNO2. The van der Waals surface area contributed by atoms with E-state index in [-0.39, 0.29) is 11.3 Å². The van der Waals surface area contributed by atoms with Gasteiger partial charge < -0.3 is 9.52 Å². The third-order valence-electron chi connectivity index (χ3n) is 3.00. The van der Waals surface area contributed by atoms with Crippen molar-refractivity contribution in [1.29, 1.82) is 0 Å². The predicted octanol–water partition coefficient (Wildman–Crippen LogP) is 3.36. The van der Waals surface area contributed by atoms with Crippen LogP contribution in [0.3, 0.4) is 0 Å². The molecule has 1 aromatic carbocycles. The topological polar surface area (TPSA) is 46.3 Å². The number of rotatable bonds is 2. The second-order valence-corrected chi connectivity index (χ2v) is 4.47. The second kappa shape index (κ2) is 4.48. The first-order valence-corrected chi connectivity index (χ1v) is 5.94. The molecule has 0 saturated carbocycles. The van der Waals surface area contributed by atoms with Gasteiger partial charge in [-0.3, -0.25) is 4.98 Å². The van der Waals surface area contributed by atoms with Crippen LogP contribution in [-0.2, 0) is 0 Å². The zero-order valence-corrected chi connectivity index (χ0v) is 10.3. The van der Waals surface area contributed by atoms with Gasteiger partial charge >= 0.3 is 0 Å². The van der Waals surface area contributed by atoms with Crippen molar-refractivity contribution in [3.05, 3.63) is 65.4 Å². The van der Waals surface area contributed by atoms with E-state index < -0.39 is 11.9 Å². The van der Waals surface area contributed by atoms with Gasteiger partial charge in [0.15, 0.2) is 17.5 Å². The molecule has 3 nitrogen and oxygen atoms in total. The van der Waals surface area contributed by atoms with E-state index in [0.717, 1.165) is 5.56 Å². The number of aromatic nitrogens is 1. The molecular weight excluding hydrogens is 245 g/mol. The monoisotopic (exact) mass is 257 g/mol. The first-order valence-electron chi connectivity index (χ1n) is 5.94. The highest BCUT2D eigenvalue weighted by atomic mass is 19.1. The first-order chi connectivity index (χ1) is 9.15. The molecule has 96 valence electrons. The van der Waals surface area contributed by atoms with E-state index in [0.29, 0.717) is 11.1 Å². The lowest BCUT2D eigenvalue weighted by molar-refractivity contribution is 0.187. The lowest BCUT2D eigenvalue weighted by Gasteiger charge is -2.06. The Bertz CT molecular complexity index is 719. The molecule has 1 atom stereocenters. The molecule has 0 aliphatic rings.